The minimum atomic E-state index is -1.17. The molecule has 5 heteroatoms. The van der Waals surface area contributed by atoms with Crippen LogP contribution < -0.4 is 0 Å². The van der Waals surface area contributed by atoms with Crippen molar-refractivity contribution in [2.24, 2.45) is 5.41 Å². The molecule has 5 nitrogen and oxygen atoms in total. The molecule has 0 atom stereocenters. The largest absolute Gasteiger partial charge is 0.480 e. The molecule has 0 bridgehead atoms. The Morgan fingerprint density at radius 3 is 2.61 bits per heavy atom. The molecule has 2 rings (SSSR count). The molecule has 1 amide bonds. The number of carboxylic acids is 1. The average Bonchev–Trinajstić information content (AvgIpc) is 3.09. The number of carboxylic acid groups (broad SMARTS) is 1. The van der Waals surface area contributed by atoms with Crippen molar-refractivity contribution in [1.29, 1.82) is 0 Å². The zero-order chi connectivity index (χ0) is 13.3. The maximum absolute atomic E-state index is 12.1. The Hall–Kier alpha value is -1.91. The van der Waals surface area contributed by atoms with E-state index in [9.17, 15) is 9.59 Å². The van der Waals surface area contributed by atoms with Gasteiger partial charge < -0.3 is 10.0 Å². The number of carbonyl (C=O) groups excluding carboxylic acids is 1. The first-order chi connectivity index (χ1) is 8.45. The van der Waals surface area contributed by atoms with Gasteiger partial charge >= 0.3 is 5.97 Å². The van der Waals surface area contributed by atoms with E-state index in [-0.39, 0.29) is 5.91 Å². The topological polar surface area (TPSA) is 70.5 Å². The summed E-state index contributed by atoms with van der Waals surface area (Å²) >= 11 is 0. The number of amides is 1. The number of hydrogen-bond donors (Lipinski definition) is 1. The molecule has 0 unspecified atom stereocenters. The molecule has 0 spiro atoms. The van der Waals surface area contributed by atoms with Gasteiger partial charge in [-0.05, 0) is 31.9 Å². The molecule has 1 aromatic heterocycles. The van der Waals surface area contributed by atoms with Gasteiger partial charge in [-0.15, -0.1) is 0 Å². The molecule has 1 N–H and O–H groups in total. The molecule has 1 fully saturated rings. The first-order valence-corrected chi connectivity index (χ1v) is 5.87. The van der Waals surface area contributed by atoms with E-state index in [0.29, 0.717) is 19.4 Å². The monoisotopic (exact) mass is 248 g/mol. The summed E-state index contributed by atoms with van der Waals surface area (Å²) in [6.45, 7) is 2.22. The van der Waals surface area contributed by atoms with E-state index in [1.54, 1.807) is 7.05 Å². The Morgan fingerprint density at radius 1 is 1.44 bits per heavy atom. The van der Waals surface area contributed by atoms with E-state index < -0.39 is 11.4 Å². The zero-order valence-electron chi connectivity index (χ0n) is 10.5. The van der Waals surface area contributed by atoms with Crippen LogP contribution in [0.4, 0.5) is 0 Å². The van der Waals surface area contributed by atoms with Crippen LogP contribution in [0.25, 0.3) is 0 Å². The first kappa shape index (κ1) is 12.5. The Balaban J connectivity index is 2.07. The van der Waals surface area contributed by atoms with Gasteiger partial charge in [-0.25, -0.2) is 0 Å². The highest BCUT2D eigenvalue weighted by Crippen LogP contribution is 2.47. The highest BCUT2D eigenvalue weighted by Gasteiger charge is 2.58. The fourth-order valence-corrected chi connectivity index (χ4v) is 2.01. The van der Waals surface area contributed by atoms with Crippen molar-refractivity contribution in [3.63, 3.8) is 0 Å². The summed E-state index contributed by atoms with van der Waals surface area (Å²) < 4.78 is 0. The van der Waals surface area contributed by atoms with E-state index in [0.717, 1.165) is 11.4 Å². The summed E-state index contributed by atoms with van der Waals surface area (Å²) in [6.07, 6.45) is 0.875. The summed E-state index contributed by atoms with van der Waals surface area (Å²) in [7, 11) is 1.62. The molecule has 18 heavy (non-hydrogen) atoms. The van der Waals surface area contributed by atoms with Crippen LogP contribution in [0.3, 0.4) is 0 Å². The summed E-state index contributed by atoms with van der Waals surface area (Å²) in [5.74, 6) is -1.34. The second-order valence-electron chi connectivity index (χ2n) is 4.82. The van der Waals surface area contributed by atoms with Gasteiger partial charge in [0.1, 0.15) is 5.41 Å². The molecule has 0 radical (unpaired) electrons. The third kappa shape index (κ3) is 2.20. The van der Waals surface area contributed by atoms with Crippen molar-refractivity contribution < 1.29 is 14.7 Å². The maximum Gasteiger partial charge on any atom is 0.319 e. The number of carbonyl (C=O) groups is 2. The van der Waals surface area contributed by atoms with Gasteiger partial charge in [-0.3, -0.25) is 14.6 Å². The third-order valence-corrected chi connectivity index (χ3v) is 3.26. The number of rotatable bonds is 4. The van der Waals surface area contributed by atoms with Gasteiger partial charge in [-0.1, -0.05) is 6.07 Å². The van der Waals surface area contributed by atoms with Crippen molar-refractivity contribution in [3.8, 4) is 0 Å². The van der Waals surface area contributed by atoms with Crippen LogP contribution in [0.1, 0.15) is 24.2 Å². The van der Waals surface area contributed by atoms with Gasteiger partial charge in [0.05, 0.1) is 12.2 Å². The number of aryl methyl sites for hydroxylation is 1. The molecular formula is C13H16N2O3. The Labute approximate surface area is 105 Å². The number of hydrogen-bond acceptors (Lipinski definition) is 3. The van der Waals surface area contributed by atoms with Gasteiger partial charge in [0, 0.05) is 12.7 Å². The average molecular weight is 248 g/mol. The normalized spacial score (nSPS) is 16.1. The highest BCUT2D eigenvalue weighted by atomic mass is 16.4. The predicted octanol–water partition coefficient (Wildman–Crippen LogP) is 1.21. The van der Waals surface area contributed by atoms with E-state index in [2.05, 4.69) is 4.98 Å². The molecule has 1 aliphatic rings. The fraction of sp³-hybridized carbons (Fsp3) is 0.462. The first-order valence-electron chi connectivity index (χ1n) is 5.87. The number of aliphatic carboxylic acids is 1. The van der Waals surface area contributed by atoms with Gasteiger partial charge in [-0.2, -0.15) is 0 Å². The van der Waals surface area contributed by atoms with E-state index in [1.165, 1.54) is 4.90 Å². The minimum Gasteiger partial charge on any atom is -0.480 e. The van der Waals surface area contributed by atoms with Crippen molar-refractivity contribution in [2.75, 3.05) is 7.05 Å². The van der Waals surface area contributed by atoms with Crippen LogP contribution in [-0.2, 0) is 16.1 Å². The Morgan fingerprint density at radius 2 is 2.11 bits per heavy atom. The van der Waals surface area contributed by atoms with Gasteiger partial charge in [0.25, 0.3) is 0 Å². The van der Waals surface area contributed by atoms with Gasteiger partial charge in [0.2, 0.25) is 5.91 Å². The summed E-state index contributed by atoms with van der Waals surface area (Å²) in [4.78, 5) is 28.9. The molecule has 1 saturated carbocycles. The number of nitrogens with zero attached hydrogens (tertiary/aromatic N) is 2. The second kappa shape index (κ2) is 4.40. The van der Waals surface area contributed by atoms with Crippen LogP contribution in [0.5, 0.6) is 0 Å². The summed E-state index contributed by atoms with van der Waals surface area (Å²) in [6, 6.07) is 5.59. The van der Waals surface area contributed by atoms with Crippen molar-refractivity contribution in [2.45, 2.75) is 26.3 Å². The lowest BCUT2D eigenvalue weighted by Crippen LogP contribution is -2.38. The van der Waals surface area contributed by atoms with Gasteiger partial charge in [0.15, 0.2) is 0 Å². The quantitative estimate of drug-likeness (QED) is 0.813. The lowest BCUT2D eigenvalue weighted by Gasteiger charge is -2.20. The van der Waals surface area contributed by atoms with Crippen molar-refractivity contribution >= 4 is 11.9 Å². The lowest BCUT2D eigenvalue weighted by molar-refractivity contribution is -0.153. The van der Waals surface area contributed by atoms with Crippen LogP contribution in [-0.4, -0.2) is 33.9 Å². The predicted molar refractivity (Wildman–Crippen MR) is 64.8 cm³/mol. The maximum atomic E-state index is 12.1. The van der Waals surface area contributed by atoms with Crippen LogP contribution >= 0.6 is 0 Å². The molecule has 1 aromatic rings. The van der Waals surface area contributed by atoms with Crippen molar-refractivity contribution in [3.05, 3.63) is 29.6 Å². The number of aromatic nitrogens is 1. The molecule has 0 saturated heterocycles. The molecular weight excluding hydrogens is 232 g/mol. The number of pyridine rings is 1. The second-order valence-corrected chi connectivity index (χ2v) is 4.82. The van der Waals surface area contributed by atoms with Crippen LogP contribution in [0.2, 0.25) is 0 Å². The van der Waals surface area contributed by atoms with Crippen LogP contribution in [0.15, 0.2) is 18.2 Å². The minimum absolute atomic E-state index is 0.321. The molecule has 1 heterocycles. The van der Waals surface area contributed by atoms with E-state index >= 15 is 0 Å². The SMILES string of the molecule is Cc1cccc(CN(C)C(=O)C2(C(=O)O)CC2)n1. The molecule has 1 aliphatic carbocycles. The van der Waals surface area contributed by atoms with E-state index in [4.69, 9.17) is 5.11 Å². The fourth-order valence-electron chi connectivity index (χ4n) is 2.01. The summed E-state index contributed by atoms with van der Waals surface area (Å²) in [5.41, 5.74) is 0.484. The lowest BCUT2D eigenvalue weighted by atomic mass is 10.1. The van der Waals surface area contributed by atoms with E-state index in [1.807, 2.05) is 25.1 Å². The molecule has 0 aliphatic heterocycles. The standard InChI is InChI=1S/C13H16N2O3/c1-9-4-3-5-10(14-9)8-15(2)11(16)13(6-7-13)12(17)18/h3-5H,6-8H2,1-2H3,(H,17,18). The zero-order valence-corrected chi connectivity index (χ0v) is 10.5. The van der Waals surface area contributed by atoms with Crippen molar-refractivity contribution in [1.82, 2.24) is 9.88 Å². The Kier molecular flexibility index (Phi) is 3.07. The third-order valence-electron chi connectivity index (χ3n) is 3.26. The molecule has 0 aromatic carbocycles. The highest BCUT2D eigenvalue weighted by molar-refractivity contribution is 6.04. The smallest absolute Gasteiger partial charge is 0.319 e. The Bertz CT molecular complexity index is 495. The van der Waals surface area contributed by atoms with Crippen LogP contribution in [0, 0.1) is 12.3 Å². The molecule has 96 valence electrons. The summed E-state index contributed by atoms with van der Waals surface area (Å²) in [5, 5.41) is 9.07.